The van der Waals surface area contributed by atoms with Crippen molar-refractivity contribution in [2.75, 3.05) is 32.7 Å². The molecule has 214 valence electrons. The minimum absolute atomic E-state index is 0.229. The molecule has 0 aromatic rings. The molecule has 0 radical (unpaired) electrons. The van der Waals surface area contributed by atoms with E-state index < -0.39 is 0 Å². The summed E-state index contributed by atoms with van der Waals surface area (Å²) in [7, 11) is 0. The second-order valence-corrected chi connectivity index (χ2v) is 10.7. The molecule has 5 nitrogen and oxygen atoms in total. The Bertz CT molecular complexity index is 473. The summed E-state index contributed by atoms with van der Waals surface area (Å²) >= 11 is 0. The molecule has 1 atom stereocenters. The smallest absolute Gasteiger partial charge is 0.223 e. The van der Waals surface area contributed by atoms with Crippen LogP contribution in [0.1, 0.15) is 149 Å². The average Bonchev–Trinajstić information content (AvgIpc) is 2.89. The molecule has 0 aliphatic carbocycles. The Morgan fingerprint density at radius 1 is 0.639 bits per heavy atom. The SMILES string of the molecule is CCCCCCCCC(CCCCCC)C(=O)NCCCCCCN(CC)CCCCCCNC=O. The quantitative estimate of drug-likeness (QED) is 0.0805. The molecule has 0 heterocycles. The molecule has 0 rings (SSSR count). The molecule has 0 saturated carbocycles. The minimum Gasteiger partial charge on any atom is -0.359 e. The highest BCUT2D eigenvalue weighted by molar-refractivity contribution is 5.78. The van der Waals surface area contributed by atoms with Gasteiger partial charge in [0.25, 0.3) is 0 Å². The summed E-state index contributed by atoms with van der Waals surface area (Å²) in [4.78, 5) is 25.7. The molecular formula is C31H63N3O2. The lowest BCUT2D eigenvalue weighted by Gasteiger charge is -2.20. The van der Waals surface area contributed by atoms with Crippen molar-refractivity contribution < 1.29 is 9.59 Å². The third-order valence-corrected chi connectivity index (χ3v) is 7.46. The number of amides is 2. The predicted octanol–water partition coefficient (Wildman–Crippen LogP) is 7.63. The standard InChI is InChI=1S/C31H63N3O2/c1-4-7-9-11-12-18-24-30(23-17-10-8-5-2)31(36)33-26-20-14-16-22-28-34(6-3)27-21-15-13-19-25-32-29-35/h29-30H,4-28H2,1-3H3,(H,32,35)(H,33,36). The maximum atomic E-state index is 12.9. The van der Waals surface area contributed by atoms with Gasteiger partial charge in [-0.05, 0) is 58.2 Å². The Balaban J connectivity index is 3.93. The largest absolute Gasteiger partial charge is 0.359 e. The molecule has 0 fully saturated rings. The van der Waals surface area contributed by atoms with Gasteiger partial charge in [-0.3, -0.25) is 9.59 Å². The van der Waals surface area contributed by atoms with Gasteiger partial charge < -0.3 is 15.5 Å². The molecule has 5 heteroatoms. The van der Waals surface area contributed by atoms with Crippen LogP contribution in [0.15, 0.2) is 0 Å². The fourth-order valence-corrected chi connectivity index (χ4v) is 4.97. The number of carbonyl (C=O) groups is 2. The first-order valence-electron chi connectivity index (χ1n) is 15.9. The number of hydrogen-bond donors (Lipinski definition) is 2. The first kappa shape index (κ1) is 34.9. The molecule has 0 aliphatic heterocycles. The summed E-state index contributed by atoms with van der Waals surface area (Å²) in [6.45, 7) is 11.9. The van der Waals surface area contributed by atoms with Crippen LogP contribution in [0.3, 0.4) is 0 Å². The van der Waals surface area contributed by atoms with Crippen LogP contribution in [0.25, 0.3) is 0 Å². The van der Waals surface area contributed by atoms with Gasteiger partial charge in [-0.1, -0.05) is 111 Å². The molecule has 0 aromatic heterocycles. The zero-order valence-corrected chi connectivity index (χ0v) is 24.6. The van der Waals surface area contributed by atoms with Crippen LogP contribution in [0, 0.1) is 5.92 Å². The van der Waals surface area contributed by atoms with Crippen LogP contribution in [0.4, 0.5) is 0 Å². The summed E-state index contributed by atoms with van der Waals surface area (Å²) in [5, 5.41) is 6.01. The highest BCUT2D eigenvalue weighted by Crippen LogP contribution is 2.19. The summed E-state index contributed by atoms with van der Waals surface area (Å²) < 4.78 is 0. The van der Waals surface area contributed by atoms with Crippen LogP contribution in [-0.2, 0) is 9.59 Å². The van der Waals surface area contributed by atoms with Gasteiger partial charge in [0.15, 0.2) is 0 Å². The molecule has 0 spiro atoms. The van der Waals surface area contributed by atoms with Crippen LogP contribution >= 0.6 is 0 Å². The Morgan fingerprint density at radius 2 is 1.11 bits per heavy atom. The number of carbonyl (C=O) groups excluding carboxylic acids is 2. The van der Waals surface area contributed by atoms with Gasteiger partial charge in [0, 0.05) is 19.0 Å². The van der Waals surface area contributed by atoms with Gasteiger partial charge in [-0.15, -0.1) is 0 Å². The Kier molecular flexibility index (Phi) is 27.6. The van der Waals surface area contributed by atoms with Crippen molar-refractivity contribution in [3.05, 3.63) is 0 Å². The van der Waals surface area contributed by atoms with Gasteiger partial charge >= 0.3 is 0 Å². The number of rotatable bonds is 29. The third-order valence-electron chi connectivity index (χ3n) is 7.46. The van der Waals surface area contributed by atoms with E-state index in [1.807, 2.05) is 0 Å². The van der Waals surface area contributed by atoms with Crippen LogP contribution in [-0.4, -0.2) is 49.9 Å². The van der Waals surface area contributed by atoms with E-state index in [4.69, 9.17) is 0 Å². The van der Waals surface area contributed by atoms with Crippen molar-refractivity contribution in [3.8, 4) is 0 Å². The molecule has 0 aliphatic rings. The highest BCUT2D eigenvalue weighted by Gasteiger charge is 2.17. The molecule has 0 bridgehead atoms. The van der Waals surface area contributed by atoms with E-state index in [1.165, 1.54) is 116 Å². The Hall–Kier alpha value is -1.10. The molecule has 0 saturated heterocycles. The van der Waals surface area contributed by atoms with Crippen molar-refractivity contribution in [1.29, 1.82) is 0 Å². The van der Waals surface area contributed by atoms with Gasteiger partial charge in [0.2, 0.25) is 12.3 Å². The monoisotopic (exact) mass is 509 g/mol. The first-order chi connectivity index (χ1) is 17.7. The van der Waals surface area contributed by atoms with Crippen LogP contribution < -0.4 is 10.6 Å². The van der Waals surface area contributed by atoms with E-state index >= 15 is 0 Å². The summed E-state index contributed by atoms with van der Waals surface area (Å²) in [6.07, 6.45) is 25.4. The van der Waals surface area contributed by atoms with E-state index in [-0.39, 0.29) is 5.92 Å². The van der Waals surface area contributed by atoms with Crippen molar-refractivity contribution >= 4 is 12.3 Å². The number of nitrogens with one attached hydrogen (secondary N) is 2. The Morgan fingerprint density at radius 3 is 1.67 bits per heavy atom. The fourth-order valence-electron chi connectivity index (χ4n) is 4.97. The lowest BCUT2D eigenvalue weighted by Crippen LogP contribution is -2.31. The number of nitrogens with zero attached hydrogens (tertiary/aromatic N) is 1. The van der Waals surface area contributed by atoms with E-state index in [2.05, 4.69) is 36.3 Å². The van der Waals surface area contributed by atoms with Crippen molar-refractivity contribution in [2.24, 2.45) is 5.92 Å². The molecule has 36 heavy (non-hydrogen) atoms. The lowest BCUT2D eigenvalue weighted by atomic mass is 9.93. The van der Waals surface area contributed by atoms with Gasteiger partial charge in [-0.2, -0.15) is 0 Å². The second kappa shape index (κ2) is 28.5. The molecule has 0 aromatic carbocycles. The molecule has 2 N–H and O–H groups in total. The average molecular weight is 510 g/mol. The minimum atomic E-state index is 0.229. The number of unbranched alkanes of at least 4 members (excludes halogenated alkanes) is 14. The predicted molar refractivity (Wildman–Crippen MR) is 156 cm³/mol. The topological polar surface area (TPSA) is 61.4 Å². The highest BCUT2D eigenvalue weighted by atomic mass is 16.1. The third kappa shape index (κ3) is 23.3. The van der Waals surface area contributed by atoms with E-state index in [9.17, 15) is 9.59 Å². The summed E-state index contributed by atoms with van der Waals surface area (Å²) in [5.74, 6) is 0.548. The van der Waals surface area contributed by atoms with Gasteiger partial charge in [0.05, 0.1) is 0 Å². The van der Waals surface area contributed by atoms with Crippen molar-refractivity contribution in [2.45, 2.75) is 149 Å². The van der Waals surface area contributed by atoms with E-state index in [0.717, 1.165) is 51.7 Å². The Labute approximate surface area is 225 Å². The van der Waals surface area contributed by atoms with Gasteiger partial charge in [-0.25, -0.2) is 0 Å². The number of hydrogen-bond acceptors (Lipinski definition) is 3. The van der Waals surface area contributed by atoms with E-state index in [0.29, 0.717) is 5.91 Å². The normalized spacial score (nSPS) is 12.1. The zero-order chi connectivity index (χ0) is 26.5. The summed E-state index contributed by atoms with van der Waals surface area (Å²) in [6, 6.07) is 0. The lowest BCUT2D eigenvalue weighted by molar-refractivity contribution is -0.125. The maximum Gasteiger partial charge on any atom is 0.223 e. The second-order valence-electron chi connectivity index (χ2n) is 10.7. The van der Waals surface area contributed by atoms with Gasteiger partial charge in [0.1, 0.15) is 0 Å². The van der Waals surface area contributed by atoms with Crippen LogP contribution in [0.2, 0.25) is 0 Å². The van der Waals surface area contributed by atoms with Crippen molar-refractivity contribution in [1.82, 2.24) is 15.5 Å². The molecular weight excluding hydrogens is 446 g/mol. The maximum absolute atomic E-state index is 12.9. The molecule has 2 amide bonds. The van der Waals surface area contributed by atoms with Crippen molar-refractivity contribution in [3.63, 3.8) is 0 Å². The van der Waals surface area contributed by atoms with E-state index in [1.54, 1.807) is 0 Å². The molecule has 1 unspecified atom stereocenters. The van der Waals surface area contributed by atoms with Crippen LogP contribution in [0.5, 0.6) is 0 Å². The zero-order valence-electron chi connectivity index (χ0n) is 24.6. The first-order valence-corrected chi connectivity index (χ1v) is 15.9. The fraction of sp³-hybridized carbons (Fsp3) is 0.935. The summed E-state index contributed by atoms with van der Waals surface area (Å²) in [5.41, 5.74) is 0.